The zero-order valence-electron chi connectivity index (χ0n) is 11.1. The Hall–Kier alpha value is -1.87. The van der Waals surface area contributed by atoms with Crippen molar-refractivity contribution in [2.24, 2.45) is 0 Å². The Kier molecular flexibility index (Phi) is 4.17. The quantitative estimate of drug-likeness (QED) is 0.906. The van der Waals surface area contributed by atoms with Gasteiger partial charge in [0.1, 0.15) is 18.2 Å². The summed E-state index contributed by atoms with van der Waals surface area (Å²) in [6.45, 7) is 4.00. The first-order chi connectivity index (χ1) is 9.06. The number of aryl methyl sites for hydroxylation is 1. The van der Waals surface area contributed by atoms with E-state index in [1.54, 1.807) is 13.0 Å². The molecule has 0 aliphatic heterocycles. The number of hydrogen-bond acceptors (Lipinski definition) is 2. The van der Waals surface area contributed by atoms with E-state index in [-0.39, 0.29) is 5.82 Å². The largest absolute Gasteiger partial charge is 0.488 e. The van der Waals surface area contributed by atoms with Gasteiger partial charge in [-0.05, 0) is 31.5 Å². The SMILES string of the molecule is Cc1ccc(COc2cc(F)ccc2C(C)O)cc1. The van der Waals surface area contributed by atoms with Gasteiger partial charge in [-0.3, -0.25) is 0 Å². The Labute approximate surface area is 112 Å². The van der Waals surface area contributed by atoms with Crippen molar-refractivity contribution in [1.82, 2.24) is 0 Å². The van der Waals surface area contributed by atoms with Crippen molar-refractivity contribution < 1.29 is 14.2 Å². The van der Waals surface area contributed by atoms with Gasteiger partial charge in [0.15, 0.2) is 0 Å². The molecule has 1 N–H and O–H groups in total. The van der Waals surface area contributed by atoms with Crippen molar-refractivity contribution in [1.29, 1.82) is 0 Å². The molecule has 0 spiro atoms. The average Bonchev–Trinajstić information content (AvgIpc) is 2.38. The summed E-state index contributed by atoms with van der Waals surface area (Å²) in [4.78, 5) is 0. The van der Waals surface area contributed by atoms with Gasteiger partial charge in [0, 0.05) is 11.6 Å². The second-order valence-corrected chi connectivity index (χ2v) is 4.63. The molecule has 3 heteroatoms. The number of halogens is 1. The highest BCUT2D eigenvalue weighted by Crippen LogP contribution is 2.26. The molecule has 0 heterocycles. The molecular weight excluding hydrogens is 243 g/mol. The smallest absolute Gasteiger partial charge is 0.128 e. The molecule has 0 bridgehead atoms. The molecule has 0 saturated carbocycles. The third-order valence-electron chi connectivity index (χ3n) is 2.94. The van der Waals surface area contributed by atoms with Gasteiger partial charge in [-0.1, -0.05) is 29.8 Å². The summed E-state index contributed by atoms with van der Waals surface area (Å²) >= 11 is 0. The highest BCUT2D eigenvalue weighted by Gasteiger charge is 2.10. The Morgan fingerprint density at radius 1 is 1.16 bits per heavy atom. The van der Waals surface area contributed by atoms with E-state index >= 15 is 0 Å². The fourth-order valence-electron chi connectivity index (χ4n) is 1.82. The van der Waals surface area contributed by atoms with Crippen LogP contribution in [0.1, 0.15) is 29.7 Å². The maximum absolute atomic E-state index is 13.2. The lowest BCUT2D eigenvalue weighted by atomic mass is 10.1. The van der Waals surface area contributed by atoms with Gasteiger partial charge in [-0.2, -0.15) is 0 Å². The molecule has 0 radical (unpaired) electrons. The van der Waals surface area contributed by atoms with E-state index in [4.69, 9.17) is 4.74 Å². The summed E-state index contributed by atoms with van der Waals surface area (Å²) in [6, 6.07) is 12.1. The maximum atomic E-state index is 13.2. The molecule has 1 atom stereocenters. The van der Waals surface area contributed by atoms with E-state index in [1.807, 2.05) is 31.2 Å². The molecule has 2 nitrogen and oxygen atoms in total. The van der Waals surface area contributed by atoms with Crippen LogP contribution in [0.15, 0.2) is 42.5 Å². The van der Waals surface area contributed by atoms with Gasteiger partial charge in [0.25, 0.3) is 0 Å². The summed E-state index contributed by atoms with van der Waals surface area (Å²) in [7, 11) is 0. The van der Waals surface area contributed by atoms with Crippen LogP contribution in [0.3, 0.4) is 0 Å². The summed E-state index contributed by atoms with van der Waals surface area (Å²) in [6.07, 6.45) is -0.686. The second kappa shape index (κ2) is 5.85. The third kappa shape index (κ3) is 3.55. The summed E-state index contributed by atoms with van der Waals surface area (Å²) in [5, 5.41) is 9.63. The minimum absolute atomic E-state index is 0.351. The van der Waals surface area contributed by atoms with Crippen molar-refractivity contribution >= 4 is 0 Å². The van der Waals surface area contributed by atoms with Crippen LogP contribution in [0.2, 0.25) is 0 Å². The van der Waals surface area contributed by atoms with E-state index in [0.717, 1.165) is 5.56 Å². The lowest BCUT2D eigenvalue weighted by Crippen LogP contribution is -2.01. The summed E-state index contributed by atoms with van der Waals surface area (Å²) < 4.78 is 18.8. The number of hydrogen-bond donors (Lipinski definition) is 1. The van der Waals surface area contributed by atoms with Crippen LogP contribution in [-0.4, -0.2) is 5.11 Å². The third-order valence-corrected chi connectivity index (χ3v) is 2.94. The van der Waals surface area contributed by atoms with Crippen molar-refractivity contribution in [3.63, 3.8) is 0 Å². The van der Waals surface area contributed by atoms with Crippen LogP contribution in [0.5, 0.6) is 5.75 Å². The fraction of sp³-hybridized carbons (Fsp3) is 0.250. The van der Waals surface area contributed by atoms with E-state index in [0.29, 0.717) is 17.9 Å². The van der Waals surface area contributed by atoms with Crippen molar-refractivity contribution in [3.8, 4) is 5.75 Å². The van der Waals surface area contributed by atoms with Gasteiger partial charge in [0.05, 0.1) is 6.10 Å². The maximum Gasteiger partial charge on any atom is 0.128 e. The first-order valence-electron chi connectivity index (χ1n) is 6.22. The monoisotopic (exact) mass is 260 g/mol. The van der Waals surface area contributed by atoms with Gasteiger partial charge in [-0.15, -0.1) is 0 Å². The normalized spacial score (nSPS) is 12.2. The Balaban J connectivity index is 2.14. The molecule has 0 amide bonds. The first kappa shape index (κ1) is 13.6. The number of aliphatic hydroxyl groups is 1. The second-order valence-electron chi connectivity index (χ2n) is 4.63. The lowest BCUT2D eigenvalue weighted by Gasteiger charge is -2.13. The molecule has 2 aromatic carbocycles. The van der Waals surface area contributed by atoms with Gasteiger partial charge in [-0.25, -0.2) is 4.39 Å². The minimum Gasteiger partial charge on any atom is -0.488 e. The average molecular weight is 260 g/mol. The summed E-state index contributed by atoms with van der Waals surface area (Å²) in [5.41, 5.74) is 2.78. The van der Waals surface area contributed by atoms with Crippen LogP contribution in [0.4, 0.5) is 4.39 Å². The van der Waals surface area contributed by atoms with Crippen molar-refractivity contribution in [3.05, 3.63) is 65.0 Å². The number of rotatable bonds is 4. The van der Waals surface area contributed by atoms with E-state index < -0.39 is 6.10 Å². The predicted molar refractivity (Wildman–Crippen MR) is 72.5 cm³/mol. The highest BCUT2D eigenvalue weighted by atomic mass is 19.1. The first-order valence-corrected chi connectivity index (χ1v) is 6.22. The Morgan fingerprint density at radius 3 is 2.47 bits per heavy atom. The molecule has 1 unspecified atom stereocenters. The number of aliphatic hydroxyl groups excluding tert-OH is 1. The lowest BCUT2D eigenvalue weighted by molar-refractivity contribution is 0.190. The Morgan fingerprint density at radius 2 is 1.84 bits per heavy atom. The van der Waals surface area contributed by atoms with Crippen LogP contribution < -0.4 is 4.74 Å². The standard InChI is InChI=1S/C16H17FO2/c1-11-3-5-13(6-4-11)10-19-16-9-14(17)7-8-15(16)12(2)18/h3-9,12,18H,10H2,1-2H3. The molecule has 2 rings (SSSR count). The molecule has 100 valence electrons. The van der Waals surface area contributed by atoms with Crippen LogP contribution >= 0.6 is 0 Å². The zero-order chi connectivity index (χ0) is 13.8. The van der Waals surface area contributed by atoms with Gasteiger partial charge in [0.2, 0.25) is 0 Å². The Bertz CT molecular complexity index is 547. The highest BCUT2D eigenvalue weighted by molar-refractivity contribution is 5.35. The molecule has 0 aliphatic rings. The number of benzene rings is 2. The van der Waals surface area contributed by atoms with Crippen LogP contribution in [0.25, 0.3) is 0 Å². The molecule has 2 aromatic rings. The molecule has 0 aromatic heterocycles. The molecule has 0 fully saturated rings. The predicted octanol–water partition coefficient (Wildman–Crippen LogP) is 3.77. The van der Waals surface area contributed by atoms with E-state index in [2.05, 4.69) is 0 Å². The summed E-state index contributed by atoms with van der Waals surface area (Å²) in [5.74, 6) is 0.0129. The van der Waals surface area contributed by atoms with Crippen LogP contribution in [-0.2, 0) is 6.61 Å². The van der Waals surface area contributed by atoms with E-state index in [1.165, 1.54) is 17.7 Å². The van der Waals surface area contributed by atoms with Crippen LogP contribution in [0, 0.1) is 12.7 Å². The molecular formula is C16H17FO2. The van der Waals surface area contributed by atoms with Crippen molar-refractivity contribution in [2.45, 2.75) is 26.6 Å². The topological polar surface area (TPSA) is 29.5 Å². The molecule has 0 aliphatic carbocycles. The van der Waals surface area contributed by atoms with Gasteiger partial charge < -0.3 is 9.84 Å². The van der Waals surface area contributed by atoms with Gasteiger partial charge >= 0.3 is 0 Å². The van der Waals surface area contributed by atoms with Crippen molar-refractivity contribution in [2.75, 3.05) is 0 Å². The molecule has 19 heavy (non-hydrogen) atoms. The minimum atomic E-state index is -0.686. The van der Waals surface area contributed by atoms with E-state index in [9.17, 15) is 9.50 Å². The fourth-order valence-corrected chi connectivity index (χ4v) is 1.82. The number of ether oxygens (including phenoxy) is 1. The molecule has 0 saturated heterocycles. The zero-order valence-corrected chi connectivity index (χ0v) is 11.1.